The first-order valence-electron chi connectivity index (χ1n) is 5.92. The highest BCUT2D eigenvalue weighted by molar-refractivity contribution is 5.94. The lowest BCUT2D eigenvalue weighted by atomic mass is 9.57. The van der Waals surface area contributed by atoms with E-state index >= 15 is 0 Å². The predicted molar refractivity (Wildman–Crippen MR) is 67.5 cm³/mol. The Balaban J connectivity index is 2.77. The molecule has 6 nitrogen and oxygen atoms in total. The van der Waals surface area contributed by atoms with Gasteiger partial charge in [-0.05, 0) is 19.8 Å². The molecule has 0 saturated heterocycles. The van der Waals surface area contributed by atoms with Crippen LogP contribution in [0.5, 0.6) is 0 Å². The van der Waals surface area contributed by atoms with Crippen molar-refractivity contribution in [3.8, 4) is 12.1 Å². The fraction of sp³-hybridized carbons (Fsp3) is 0.615. The zero-order chi connectivity index (χ0) is 14.3. The quantitative estimate of drug-likeness (QED) is 0.590. The molecule has 0 radical (unpaired) electrons. The van der Waals surface area contributed by atoms with E-state index in [1.54, 1.807) is 0 Å². The van der Waals surface area contributed by atoms with Gasteiger partial charge in [0.2, 0.25) is 0 Å². The van der Waals surface area contributed by atoms with Gasteiger partial charge >= 0.3 is 0 Å². The summed E-state index contributed by atoms with van der Waals surface area (Å²) in [4.78, 5) is 4.19. The Labute approximate surface area is 112 Å². The van der Waals surface area contributed by atoms with Crippen LogP contribution in [0.25, 0.3) is 0 Å². The second-order valence-corrected chi connectivity index (χ2v) is 4.95. The lowest BCUT2D eigenvalue weighted by molar-refractivity contribution is -0.260. The van der Waals surface area contributed by atoms with Gasteiger partial charge in [-0.2, -0.15) is 10.5 Å². The van der Waals surface area contributed by atoms with Crippen molar-refractivity contribution in [1.29, 1.82) is 10.5 Å². The summed E-state index contributed by atoms with van der Waals surface area (Å²) >= 11 is 0. The molecule has 6 heteroatoms. The van der Waals surface area contributed by atoms with Crippen molar-refractivity contribution in [3.63, 3.8) is 0 Å². The van der Waals surface area contributed by atoms with Gasteiger partial charge in [-0.3, -0.25) is 0 Å². The number of aliphatic imine (C=N–C) groups is 1. The van der Waals surface area contributed by atoms with E-state index in [9.17, 15) is 10.5 Å². The summed E-state index contributed by atoms with van der Waals surface area (Å²) in [5, 5.41) is 19.4. The monoisotopic (exact) mass is 260 g/mol. The maximum absolute atomic E-state index is 9.73. The van der Waals surface area contributed by atoms with Crippen molar-refractivity contribution < 1.29 is 9.47 Å². The number of nitrogens with zero attached hydrogens (tertiary/aromatic N) is 3. The average molecular weight is 260 g/mol. The molecule has 0 amide bonds. The number of ether oxygens (including phenoxy) is 2. The van der Waals surface area contributed by atoms with Crippen LogP contribution in [-0.4, -0.2) is 26.0 Å². The van der Waals surface area contributed by atoms with E-state index in [1.165, 1.54) is 14.2 Å². The highest BCUT2D eigenvalue weighted by Crippen LogP contribution is 2.61. The molecule has 1 aliphatic heterocycles. The van der Waals surface area contributed by atoms with Gasteiger partial charge in [-0.25, -0.2) is 4.99 Å². The Bertz CT molecular complexity index is 550. The van der Waals surface area contributed by atoms with E-state index < -0.39 is 16.7 Å². The topological polar surface area (TPSA) is 104 Å². The molecule has 1 aliphatic carbocycles. The maximum Gasteiger partial charge on any atom is 0.292 e. The van der Waals surface area contributed by atoms with Crippen LogP contribution in [0.2, 0.25) is 0 Å². The van der Waals surface area contributed by atoms with E-state index in [0.29, 0.717) is 12.8 Å². The molecule has 0 aromatic rings. The van der Waals surface area contributed by atoms with Crippen LogP contribution in [0, 0.1) is 33.5 Å². The molecule has 100 valence electrons. The van der Waals surface area contributed by atoms with Crippen molar-refractivity contribution in [3.05, 3.63) is 11.6 Å². The summed E-state index contributed by atoms with van der Waals surface area (Å²) in [6, 6.07) is 4.40. The lowest BCUT2D eigenvalue weighted by Gasteiger charge is -2.44. The molecule has 0 bridgehead atoms. The van der Waals surface area contributed by atoms with Crippen molar-refractivity contribution in [2.24, 2.45) is 21.6 Å². The van der Waals surface area contributed by atoms with Gasteiger partial charge in [-0.1, -0.05) is 11.6 Å². The number of hydrogen-bond acceptors (Lipinski definition) is 6. The van der Waals surface area contributed by atoms with E-state index in [2.05, 4.69) is 17.1 Å². The Morgan fingerprint density at radius 1 is 1.32 bits per heavy atom. The summed E-state index contributed by atoms with van der Waals surface area (Å²) < 4.78 is 10.7. The molecule has 0 saturated carbocycles. The molecular weight excluding hydrogens is 244 g/mol. The highest BCUT2D eigenvalue weighted by Gasteiger charge is 2.73. The molecule has 2 atom stereocenters. The van der Waals surface area contributed by atoms with Gasteiger partial charge in [0.25, 0.3) is 5.91 Å². The van der Waals surface area contributed by atoms with Crippen LogP contribution >= 0.6 is 0 Å². The Morgan fingerprint density at radius 2 is 1.95 bits per heavy atom. The third-order valence-electron chi connectivity index (χ3n) is 4.21. The minimum Gasteiger partial charge on any atom is -0.386 e. The smallest absolute Gasteiger partial charge is 0.292 e. The number of methoxy groups -OCH3 is 2. The van der Waals surface area contributed by atoms with Gasteiger partial charge in [0.15, 0.2) is 5.41 Å². The largest absolute Gasteiger partial charge is 0.386 e. The lowest BCUT2D eigenvalue weighted by Crippen LogP contribution is -2.57. The fourth-order valence-electron chi connectivity index (χ4n) is 3.13. The third kappa shape index (κ3) is 1.28. The Kier molecular flexibility index (Phi) is 2.89. The van der Waals surface area contributed by atoms with Crippen molar-refractivity contribution in [1.82, 2.24) is 0 Å². The third-order valence-corrected chi connectivity index (χ3v) is 4.21. The van der Waals surface area contributed by atoms with Gasteiger partial charge < -0.3 is 15.2 Å². The van der Waals surface area contributed by atoms with E-state index in [4.69, 9.17) is 15.2 Å². The van der Waals surface area contributed by atoms with Crippen molar-refractivity contribution >= 4 is 5.84 Å². The number of nitriles is 2. The van der Waals surface area contributed by atoms with Crippen LogP contribution in [0.15, 0.2) is 16.6 Å². The van der Waals surface area contributed by atoms with Crippen molar-refractivity contribution in [2.45, 2.75) is 25.7 Å². The number of allylic oxidation sites excluding steroid dienone is 2. The van der Waals surface area contributed by atoms with E-state index in [-0.39, 0.29) is 5.84 Å². The minimum atomic E-state index is -1.53. The summed E-state index contributed by atoms with van der Waals surface area (Å²) in [7, 11) is 2.80. The first-order chi connectivity index (χ1) is 8.97. The second kappa shape index (κ2) is 4.06. The van der Waals surface area contributed by atoms with Gasteiger partial charge in [0, 0.05) is 14.2 Å². The summed E-state index contributed by atoms with van der Waals surface area (Å²) in [5.41, 5.74) is 4.52. The van der Waals surface area contributed by atoms with Gasteiger partial charge in [0.1, 0.15) is 11.3 Å². The highest BCUT2D eigenvalue weighted by atomic mass is 16.7. The molecule has 2 rings (SSSR count). The van der Waals surface area contributed by atoms with E-state index in [0.717, 1.165) is 5.57 Å². The maximum atomic E-state index is 9.73. The molecule has 0 fully saturated rings. The number of fused-ring (bicyclic) bond motifs is 1. The zero-order valence-electron chi connectivity index (χ0n) is 11.2. The molecule has 0 unspecified atom stereocenters. The molecule has 2 aliphatic rings. The Hall–Kier alpha value is -1.89. The molecule has 0 aromatic carbocycles. The number of rotatable bonds is 2. The SMILES string of the molecule is COC1(OC)N=C(N)[C@@]2(C#N)CC(C)=CC[C@@]12C#N. The number of nitrogens with two attached hydrogens (primary N) is 1. The predicted octanol–water partition coefficient (Wildman–Crippen LogP) is 1.06. The minimum absolute atomic E-state index is 0.104. The number of hydrogen-bond donors (Lipinski definition) is 1. The van der Waals surface area contributed by atoms with Crippen LogP contribution in [-0.2, 0) is 9.47 Å². The molecule has 19 heavy (non-hydrogen) atoms. The molecule has 0 spiro atoms. The van der Waals surface area contributed by atoms with Crippen LogP contribution in [0.3, 0.4) is 0 Å². The first-order valence-corrected chi connectivity index (χ1v) is 5.92. The standard InChI is InChI=1S/C13H16N4O2/c1-9-4-5-12(8-15)11(6-9,7-14)10(16)17-13(12,18-2)19-3/h4H,5-6H2,1-3H3,(H2,16,17)/t11-,12-/m0/s1. The fourth-order valence-corrected chi connectivity index (χ4v) is 3.13. The summed E-state index contributed by atoms with van der Waals surface area (Å²) in [6.07, 6.45) is 2.59. The molecular formula is C13H16N4O2. The molecule has 1 heterocycles. The van der Waals surface area contributed by atoms with Crippen LogP contribution in [0.4, 0.5) is 0 Å². The second-order valence-electron chi connectivity index (χ2n) is 4.95. The van der Waals surface area contributed by atoms with Crippen molar-refractivity contribution in [2.75, 3.05) is 14.2 Å². The average Bonchev–Trinajstić information content (AvgIpc) is 2.65. The molecule has 0 aromatic heterocycles. The van der Waals surface area contributed by atoms with Crippen LogP contribution in [0.1, 0.15) is 19.8 Å². The molecule has 2 N–H and O–H groups in total. The van der Waals surface area contributed by atoms with Crippen LogP contribution < -0.4 is 5.73 Å². The zero-order valence-corrected chi connectivity index (χ0v) is 11.2. The van der Waals surface area contributed by atoms with Gasteiger partial charge in [-0.15, -0.1) is 0 Å². The normalized spacial score (nSPS) is 35.6. The first kappa shape index (κ1) is 13.5. The Morgan fingerprint density at radius 3 is 2.42 bits per heavy atom. The van der Waals surface area contributed by atoms with E-state index in [1.807, 2.05) is 13.0 Å². The summed E-state index contributed by atoms with van der Waals surface area (Å²) in [5.74, 6) is -1.42. The van der Waals surface area contributed by atoms with Gasteiger partial charge in [0.05, 0.1) is 12.1 Å². The number of amidine groups is 1. The summed E-state index contributed by atoms with van der Waals surface area (Å²) in [6.45, 7) is 1.91.